The molecule has 0 fully saturated rings. The predicted molar refractivity (Wildman–Crippen MR) is 125 cm³/mol. The van der Waals surface area contributed by atoms with Gasteiger partial charge in [0.25, 0.3) is 0 Å². The maximum atomic E-state index is 12.8. The van der Waals surface area contributed by atoms with Crippen molar-refractivity contribution in [3.63, 3.8) is 0 Å². The van der Waals surface area contributed by atoms with Gasteiger partial charge in [0.1, 0.15) is 6.04 Å². The molecular formula is C25H32N2O5. The van der Waals surface area contributed by atoms with Crippen molar-refractivity contribution in [1.29, 1.82) is 0 Å². The highest BCUT2D eigenvalue weighted by molar-refractivity contribution is 6.05. The number of benzene rings is 2. The third kappa shape index (κ3) is 4.98. The number of nitrogens with zero attached hydrogens (tertiary/aromatic N) is 1. The number of carbonyl (C=O) groups is 1. The Balaban J connectivity index is 1.89. The largest absolute Gasteiger partial charge is 0.493 e. The number of rotatable bonds is 11. The number of carbonyl (C=O) groups excluding carboxylic acids is 1. The average Bonchev–Trinajstić information content (AvgIpc) is 2.81. The highest BCUT2D eigenvalue weighted by Gasteiger charge is 2.40. The van der Waals surface area contributed by atoms with Gasteiger partial charge < -0.3 is 24.3 Å². The molecule has 2 aromatic carbocycles. The van der Waals surface area contributed by atoms with Crippen molar-refractivity contribution >= 4 is 11.6 Å². The maximum Gasteiger partial charge on any atom is 0.245 e. The zero-order valence-corrected chi connectivity index (χ0v) is 19.4. The fraction of sp³-hybridized carbons (Fsp3) is 0.440. The second-order valence-electron chi connectivity index (χ2n) is 7.67. The molecule has 3 rings (SSSR count). The first-order valence-corrected chi connectivity index (χ1v) is 10.8. The SMILES string of the molecule is CCCCNC(=O)[C@H]1N=C(Cc2ccc(OC)c(OC)c2)[C@@H]1c1ccc(OC)c(OC)c1. The monoisotopic (exact) mass is 440 g/mol. The van der Waals surface area contributed by atoms with Crippen LogP contribution in [0.4, 0.5) is 0 Å². The Morgan fingerprint density at radius 2 is 1.53 bits per heavy atom. The number of ether oxygens (including phenoxy) is 4. The standard InChI is InChI=1S/C25H32N2O5/c1-6-7-12-26-25(28)24-23(17-9-11-20(30-3)22(15-17)32-5)18(27-24)13-16-8-10-19(29-2)21(14-16)31-4/h8-11,14-15,23-24H,6-7,12-13H2,1-5H3,(H,26,28)/t23-,24-/m0/s1. The number of unbranched alkanes of at least 4 members (excludes halogenated alkanes) is 1. The Morgan fingerprint density at radius 3 is 2.16 bits per heavy atom. The van der Waals surface area contributed by atoms with E-state index in [-0.39, 0.29) is 11.8 Å². The van der Waals surface area contributed by atoms with Crippen molar-refractivity contribution in [3.8, 4) is 23.0 Å². The zero-order chi connectivity index (χ0) is 23.1. The van der Waals surface area contributed by atoms with Crippen LogP contribution in [0.3, 0.4) is 0 Å². The number of methoxy groups -OCH3 is 4. The molecule has 1 N–H and O–H groups in total. The number of nitrogens with one attached hydrogen (secondary N) is 1. The fourth-order valence-corrected chi connectivity index (χ4v) is 3.91. The lowest BCUT2D eigenvalue weighted by Gasteiger charge is -2.35. The zero-order valence-electron chi connectivity index (χ0n) is 19.4. The van der Waals surface area contributed by atoms with Gasteiger partial charge in [-0.25, -0.2) is 0 Å². The lowest BCUT2D eigenvalue weighted by atomic mass is 9.79. The molecule has 32 heavy (non-hydrogen) atoms. The highest BCUT2D eigenvalue weighted by atomic mass is 16.5. The van der Waals surface area contributed by atoms with Crippen molar-refractivity contribution in [2.24, 2.45) is 4.99 Å². The van der Waals surface area contributed by atoms with Crippen molar-refractivity contribution in [3.05, 3.63) is 47.5 Å². The van der Waals surface area contributed by atoms with Gasteiger partial charge in [0, 0.05) is 18.7 Å². The Morgan fingerprint density at radius 1 is 0.906 bits per heavy atom. The third-order valence-electron chi connectivity index (χ3n) is 5.68. The molecule has 7 nitrogen and oxygen atoms in total. The highest BCUT2D eigenvalue weighted by Crippen LogP contribution is 2.39. The van der Waals surface area contributed by atoms with E-state index in [4.69, 9.17) is 23.9 Å². The van der Waals surface area contributed by atoms with Crippen molar-refractivity contribution in [2.45, 2.75) is 38.1 Å². The third-order valence-corrected chi connectivity index (χ3v) is 5.68. The molecule has 1 aliphatic rings. The van der Waals surface area contributed by atoms with E-state index in [1.807, 2.05) is 36.4 Å². The first-order valence-electron chi connectivity index (χ1n) is 10.8. The molecule has 1 amide bonds. The summed E-state index contributed by atoms with van der Waals surface area (Å²) in [4.78, 5) is 17.5. The summed E-state index contributed by atoms with van der Waals surface area (Å²) in [6.45, 7) is 2.76. The molecule has 1 aliphatic heterocycles. The molecule has 0 radical (unpaired) electrons. The average molecular weight is 441 g/mol. The van der Waals surface area contributed by atoms with Crippen LogP contribution in [-0.2, 0) is 11.2 Å². The van der Waals surface area contributed by atoms with E-state index in [1.165, 1.54) is 0 Å². The van der Waals surface area contributed by atoms with E-state index in [0.29, 0.717) is 36.0 Å². The smallest absolute Gasteiger partial charge is 0.245 e. The first kappa shape index (κ1) is 23.4. The number of amides is 1. The summed E-state index contributed by atoms with van der Waals surface area (Å²) in [5, 5.41) is 3.02. The molecule has 1 heterocycles. The second kappa shape index (κ2) is 10.9. The minimum absolute atomic E-state index is 0.0469. The van der Waals surface area contributed by atoms with E-state index in [2.05, 4.69) is 12.2 Å². The Hall–Kier alpha value is -3.22. The molecule has 2 aromatic rings. The van der Waals surface area contributed by atoms with Crippen LogP contribution in [0.2, 0.25) is 0 Å². The molecule has 0 saturated heterocycles. The predicted octanol–water partition coefficient (Wildman–Crippen LogP) is 3.79. The van der Waals surface area contributed by atoms with Gasteiger partial charge in [-0.05, 0) is 41.8 Å². The molecule has 0 saturated carbocycles. The molecule has 172 valence electrons. The minimum atomic E-state index is -0.458. The Bertz CT molecular complexity index is 973. The quantitative estimate of drug-likeness (QED) is 0.538. The van der Waals surface area contributed by atoms with Crippen LogP contribution in [0, 0.1) is 0 Å². The molecule has 0 bridgehead atoms. The van der Waals surface area contributed by atoms with Crippen LogP contribution in [0.15, 0.2) is 41.4 Å². The van der Waals surface area contributed by atoms with Crippen LogP contribution >= 0.6 is 0 Å². The van der Waals surface area contributed by atoms with Crippen molar-refractivity contribution < 1.29 is 23.7 Å². The lowest BCUT2D eigenvalue weighted by Crippen LogP contribution is -2.47. The van der Waals surface area contributed by atoms with Crippen LogP contribution in [-0.4, -0.2) is 52.6 Å². The number of hydrogen-bond donors (Lipinski definition) is 1. The van der Waals surface area contributed by atoms with Crippen LogP contribution in [0.1, 0.15) is 36.8 Å². The van der Waals surface area contributed by atoms with E-state index in [9.17, 15) is 4.79 Å². The molecule has 0 spiro atoms. The van der Waals surface area contributed by atoms with Gasteiger partial charge in [0.05, 0.1) is 34.4 Å². The lowest BCUT2D eigenvalue weighted by molar-refractivity contribution is -0.122. The summed E-state index contributed by atoms with van der Waals surface area (Å²) in [6, 6.07) is 11.1. The minimum Gasteiger partial charge on any atom is -0.493 e. The summed E-state index contributed by atoms with van der Waals surface area (Å²) in [7, 11) is 6.44. The second-order valence-corrected chi connectivity index (χ2v) is 7.67. The molecule has 0 aromatic heterocycles. The van der Waals surface area contributed by atoms with Crippen LogP contribution in [0.25, 0.3) is 0 Å². The van der Waals surface area contributed by atoms with Gasteiger partial charge in [-0.1, -0.05) is 25.5 Å². The number of aliphatic imine (C=N–C) groups is 1. The summed E-state index contributed by atoms with van der Waals surface area (Å²) in [6.07, 6.45) is 2.58. The van der Waals surface area contributed by atoms with E-state index >= 15 is 0 Å². The fourth-order valence-electron chi connectivity index (χ4n) is 3.91. The van der Waals surface area contributed by atoms with Crippen LogP contribution < -0.4 is 24.3 Å². The molecule has 2 atom stereocenters. The van der Waals surface area contributed by atoms with Crippen molar-refractivity contribution in [2.75, 3.05) is 35.0 Å². The molecular weight excluding hydrogens is 408 g/mol. The van der Waals surface area contributed by atoms with Gasteiger partial charge in [-0.2, -0.15) is 0 Å². The molecule has 7 heteroatoms. The summed E-state index contributed by atoms with van der Waals surface area (Å²) < 4.78 is 21.6. The topological polar surface area (TPSA) is 78.4 Å². The maximum absolute atomic E-state index is 12.8. The molecule has 0 unspecified atom stereocenters. The van der Waals surface area contributed by atoms with E-state index in [0.717, 1.165) is 29.7 Å². The van der Waals surface area contributed by atoms with Gasteiger partial charge in [0.15, 0.2) is 23.0 Å². The molecule has 0 aliphatic carbocycles. The van der Waals surface area contributed by atoms with Gasteiger partial charge in [-0.3, -0.25) is 9.79 Å². The van der Waals surface area contributed by atoms with Gasteiger partial charge in [0.2, 0.25) is 5.91 Å². The first-order chi connectivity index (χ1) is 15.6. The van der Waals surface area contributed by atoms with E-state index < -0.39 is 6.04 Å². The number of hydrogen-bond acceptors (Lipinski definition) is 6. The Kier molecular flexibility index (Phi) is 7.98. The van der Waals surface area contributed by atoms with Crippen LogP contribution in [0.5, 0.6) is 23.0 Å². The summed E-state index contributed by atoms with van der Waals surface area (Å²) in [5.74, 6) is 2.45. The van der Waals surface area contributed by atoms with Gasteiger partial charge >= 0.3 is 0 Å². The summed E-state index contributed by atoms with van der Waals surface area (Å²) in [5.41, 5.74) is 2.96. The van der Waals surface area contributed by atoms with Crippen molar-refractivity contribution in [1.82, 2.24) is 5.32 Å². The van der Waals surface area contributed by atoms with Gasteiger partial charge in [-0.15, -0.1) is 0 Å². The normalized spacial score (nSPS) is 17.1. The van der Waals surface area contributed by atoms with E-state index in [1.54, 1.807) is 28.4 Å². The Labute approximate surface area is 189 Å². The summed E-state index contributed by atoms with van der Waals surface area (Å²) >= 11 is 0.